The number of quaternary nitrogens is 1. The quantitative estimate of drug-likeness (QED) is 0.212. The molecule has 0 rings (SSSR count). The van der Waals surface area contributed by atoms with Crippen LogP contribution in [0.5, 0.6) is 0 Å². The van der Waals surface area contributed by atoms with Crippen LogP contribution in [0.2, 0.25) is 0 Å². The number of aliphatic carboxylic acids is 1. The molecule has 0 aromatic heterocycles. The van der Waals surface area contributed by atoms with Crippen LogP contribution in [0.25, 0.3) is 0 Å². The van der Waals surface area contributed by atoms with E-state index in [1.54, 1.807) is 0 Å². The lowest BCUT2D eigenvalue weighted by Gasteiger charge is -2.28. The van der Waals surface area contributed by atoms with Gasteiger partial charge in [-0.3, -0.25) is 4.79 Å². The van der Waals surface area contributed by atoms with Crippen molar-refractivity contribution in [2.24, 2.45) is 5.73 Å². The molecule has 0 radical (unpaired) electrons. The summed E-state index contributed by atoms with van der Waals surface area (Å²) in [6.45, 7) is 5.14. The van der Waals surface area contributed by atoms with Gasteiger partial charge in [0.1, 0.15) is 6.54 Å². The van der Waals surface area contributed by atoms with E-state index in [0.29, 0.717) is 6.42 Å². The van der Waals surface area contributed by atoms with Crippen molar-refractivity contribution in [1.82, 2.24) is 0 Å². The molecule has 0 unspecified atom stereocenters. The highest BCUT2D eigenvalue weighted by molar-refractivity contribution is 5.66. The van der Waals surface area contributed by atoms with Crippen LogP contribution in [0, 0.1) is 0 Å². The predicted octanol–water partition coefficient (Wildman–Crippen LogP) is 1.96. The zero-order valence-electron chi connectivity index (χ0n) is 19.6. The van der Waals surface area contributed by atoms with Crippen LogP contribution in [0.4, 0.5) is 0 Å². The number of carboxylic acid groups (broad SMARTS) is 1. The van der Waals surface area contributed by atoms with E-state index in [0.717, 1.165) is 43.4 Å². The highest BCUT2D eigenvalue weighted by atomic mass is 35.5. The number of halogens is 1. The van der Waals surface area contributed by atoms with Gasteiger partial charge in [0.15, 0.2) is 0 Å². The van der Waals surface area contributed by atoms with E-state index in [1.807, 2.05) is 0 Å². The van der Waals surface area contributed by atoms with Crippen molar-refractivity contribution in [3.05, 3.63) is 0 Å². The van der Waals surface area contributed by atoms with Gasteiger partial charge in [0, 0.05) is 12.8 Å². The minimum atomic E-state index is -0.655. The molecule has 0 aliphatic rings. The molecular formula is C23H51ClN2O3. The third-order valence-electron chi connectivity index (χ3n) is 5.17. The standard InChI is InChI=1S/C16H32O2.C7H19N2O.ClH/c1-2-3-4-5-6-7-8-9-10-11-12-13-14-15-16(17)18;1-9(2,6-7-10)5-3-4-8;/h2-15H2,1H3,(H,17,18);10H,3-8H2,1-2H3;1H/q;+1;/p-1. The normalized spacial score (nSPS) is 10.8. The Kier molecular flexibility index (Phi) is 29.5. The van der Waals surface area contributed by atoms with Gasteiger partial charge >= 0.3 is 5.97 Å². The molecule has 0 saturated carbocycles. The summed E-state index contributed by atoms with van der Waals surface area (Å²) in [6, 6.07) is 0. The molecule has 5 nitrogen and oxygen atoms in total. The van der Waals surface area contributed by atoms with Gasteiger partial charge in [-0.15, -0.1) is 0 Å². The first-order valence-electron chi connectivity index (χ1n) is 11.7. The van der Waals surface area contributed by atoms with Crippen molar-refractivity contribution in [2.75, 3.05) is 40.3 Å². The van der Waals surface area contributed by atoms with E-state index in [-0.39, 0.29) is 19.0 Å². The van der Waals surface area contributed by atoms with Crippen molar-refractivity contribution in [3.8, 4) is 0 Å². The number of carboxylic acids is 1. The maximum Gasteiger partial charge on any atom is 0.303 e. The number of aliphatic hydroxyl groups is 1. The van der Waals surface area contributed by atoms with E-state index >= 15 is 0 Å². The number of likely N-dealkylation sites (N-methyl/N-ethyl adjacent to an activating group) is 1. The summed E-state index contributed by atoms with van der Waals surface area (Å²) in [4.78, 5) is 10.3. The van der Waals surface area contributed by atoms with E-state index < -0.39 is 5.97 Å². The molecule has 0 amide bonds. The molecule has 0 aromatic carbocycles. The summed E-state index contributed by atoms with van der Waals surface area (Å²) < 4.78 is 0.869. The fraction of sp³-hybridized carbons (Fsp3) is 0.957. The molecule has 0 bridgehead atoms. The summed E-state index contributed by atoms with van der Waals surface area (Å²) in [6.07, 6.45) is 18.3. The Bertz CT molecular complexity index is 329. The lowest BCUT2D eigenvalue weighted by Crippen LogP contribution is -3.00. The van der Waals surface area contributed by atoms with Crippen LogP contribution in [0.1, 0.15) is 103 Å². The minimum Gasteiger partial charge on any atom is -1.00 e. The second kappa shape index (κ2) is 25.7. The fourth-order valence-corrected chi connectivity index (χ4v) is 3.20. The van der Waals surface area contributed by atoms with Gasteiger partial charge in [0.25, 0.3) is 0 Å². The first-order chi connectivity index (χ1) is 13.4. The Morgan fingerprint density at radius 3 is 1.52 bits per heavy atom. The first-order valence-corrected chi connectivity index (χ1v) is 11.7. The van der Waals surface area contributed by atoms with Crippen LogP contribution < -0.4 is 18.1 Å². The van der Waals surface area contributed by atoms with Crippen molar-refractivity contribution < 1.29 is 31.9 Å². The Morgan fingerprint density at radius 1 is 0.759 bits per heavy atom. The molecular weight excluding hydrogens is 388 g/mol. The Morgan fingerprint density at radius 2 is 1.17 bits per heavy atom. The maximum absolute atomic E-state index is 10.3. The highest BCUT2D eigenvalue weighted by Crippen LogP contribution is 2.12. The van der Waals surface area contributed by atoms with Gasteiger partial charge in [0.05, 0.1) is 27.2 Å². The number of aliphatic hydroxyl groups excluding tert-OH is 1. The topological polar surface area (TPSA) is 83.5 Å². The third kappa shape index (κ3) is 32.5. The summed E-state index contributed by atoms with van der Waals surface area (Å²) in [7, 11) is 4.21. The van der Waals surface area contributed by atoms with Crippen molar-refractivity contribution in [3.63, 3.8) is 0 Å². The first kappa shape index (κ1) is 33.3. The van der Waals surface area contributed by atoms with E-state index in [9.17, 15) is 4.79 Å². The maximum atomic E-state index is 10.3. The number of hydrogen-bond donors (Lipinski definition) is 3. The molecule has 0 aliphatic carbocycles. The summed E-state index contributed by atoms with van der Waals surface area (Å²) >= 11 is 0. The van der Waals surface area contributed by atoms with Gasteiger partial charge < -0.3 is 32.8 Å². The number of hydrogen-bond acceptors (Lipinski definition) is 3. The molecule has 0 atom stereocenters. The van der Waals surface area contributed by atoms with Crippen LogP contribution in [-0.2, 0) is 4.79 Å². The molecule has 0 spiro atoms. The number of nitrogens with zero attached hydrogens (tertiary/aromatic N) is 1. The third-order valence-corrected chi connectivity index (χ3v) is 5.17. The van der Waals surface area contributed by atoms with E-state index in [2.05, 4.69) is 21.0 Å². The second-order valence-corrected chi connectivity index (χ2v) is 8.64. The van der Waals surface area contributed by atoms with Gasteiger partial charge in [-0.05, 0) is 13.0 Å². The molecule has 0 heterocycles. The van der Waals surface area contributed by atoms with Crippen molar-refractivity contribution in [1.29, 1.82) is 0 Å². The summed E-state index contributed by atoms with van der Waals surface area (Å²) in [5, 5.41) is 17.1. The van der Waals surface area contributed by atoms with Crippen molar-refractivity contribution >= 4 is 5.97 Å². The van der Waals surface area contributed by atoms with Crippen molar-refractivity contribution in [2.45, 2.75) is 103 Å². The van der Waals surface area contributed by atoms with Crippen LogP contribution >= 0.6 is 0 Å². The minimum absolute atomic E-state index is 0. The molecule has 0 aromatic rings. The summed E-state index contributed by atoms with van der Waals surface area (Å²) in [5.41, 5.74) is 5.36. The average molecular weight is 439 g/mol. The van der Waals surface area contributed by atoms with Crippen LogP contribution in [0.3, 0.4) is 0 Å². The zero-order valence-corrected chi connectivity index (χ0v) is 20.4. The summed E-state index contributed by atoms with van der Waals surface area (Å²) in [5.74, 6) is -0.655. The van der Waals surface area contributed by atoms with Gasteiger partial charge in [-0.2, -0.15) is 0 Å². The lowest BCUT2D eigenvalue weighted by molar-refractivity contribution is -0.890. The Hall–Kier alpha value is -0.360. The molecule has 29 heavy (non-hydrogen) atoms. The largest absolute Gasteiger partial charge is 1.00 e. The molecule has 4 N–H and O–H groups in total. The second-order valence-electron chi connectivity index (χ2n) is 8.64. The van der Waals surface area contributed by atoms with Gasteiger partial charge in [-0.1, -0.05) is 84.0 Å². The smallest absolute Gasteiger partial charge is 0.303 e. The van der Waals surface area contributed by atoms with E-state index in [4.69, 9.17) is 15.9 Å². The number of unbranched alkanes of at least 4 members (excludes halogenated alkanes) is 12. The monoisotopic (exact) mass is 438 g/mol. The van der Waals surface area contributed by atoms with Crippen LogP contribution in [0.15, 0.2) is 0 Å². The number of rotatable bonds is 19. The molecule has 0 fully saturated rings. The molecule has 178 valence electrons. The Labute approximate surface area is 187 Å². The SMILES string of the molecule is CCCCCCCCCCCCCCCC(=O)O.C[N+](C)(CCO)CCCN.[Cl-]. The molecule has 0 saturated heterocycles. The predicted molar refractivity (Wildman–Crippen MR) is 121 cm³/mol. The lowest BCUT2D eigenvalue weighted by atomic mass is 10.0. The van der Waals surface area contributed by atoms with Gasteiger partial charge in [0.2, 0.25) is 0 Å². The highest BCUT2D eigenvalue weighted by Gasteiger charge is 2.11. The van der Waals surface area contributed by atoms with E-state index in [1.165, 1.54) is 70.6 Å². The fourth-order valence-electron chi connectivity index (χ4n) is 3.20. The molecule has 6 heteroatoms. The number of nitrogens with two attached hydrogens (primary N) is 1. The Balaban J connectivity index is -0.000000525. The van der Waals surface area contributed by atoms with Crippen LogP contribution in [-0.4, -0.2) is 61.0 Å². The average Bonchev–Trinajstić information content (AvgIpc) is 2.64. The van der Waals surface area contributed by atoms with Gasteiger partial charge in [-0.25, -0.2) is 0 Å². The number of carbonyl (C=O) groups is 1. The molecule has 0 aliphatic heterocycles. The zero-order chi connectivity index (χ0) is 21.5.